The van der Waals surface area contributed by atoms with Crippen LogP contribution in [0.3, 0.4) is 0 Å². The summed E-state index contributed by atoms with van der Waals surface area (Å²) in [4.78, 5) is 12.1. The van der Waals surface area contributed by atoms with Crippen LogP contribution in [0.2, 0.25) is 10.0 Å². The lowest BCUT2D eigenvalue weighted by Crippen LogP contribution is -2.14. The fourth-order valence-corrected chi connectivity index (χ4v) is 4.44. The van der Waals surface area contributed by atoms with E-state index in [-0.39, 0.29) is 16.4 Å². The number of carbonyl (C=O) groups is 1. The molecule has 3 aromatic rings. The summed E-state index contributed by atoms with van der Waals surface area (Å²) in [5.74, 6) is -0.577. The van der Waals surface area contributed by atoms with Crippen LogP contribution < -0.4 is 10.0 Å². The number of alkyl halides is 3. The number of halogens is 5. The van der Waals surface area contributed by atoms with Crippen molar-refractivity contribution in [2.45, 2.75) is 10.5 Å². The first-order valence-corrected chi connectivity index (χ1v) is 10.8. The first-order chi connectivity index (χ1) is 14.0. The van der Waals surface area contributed by atoms with Crippen LogP contribution in [0.1, 0.15) is 15.9 Å². The summed E-state index contributed by atoms with van der Waals surface area (Å²) in [5, 5.41) is 9.14. The number of amides is 1. The third kappa shape index (κ3) is 5.19. The highest BCUT2D eigenvalue weighted by molar-refractivity contribution is 7.94. The molecule has 7 nitrogen and oxygen atoms in total. The predicted molar refractivity (Wildman–Crippen MR) is 107 cm³/mol. The molecule has 1 heterocycles. The number of hydrogen-bond acceptors (Lipinski definition) is 6. The maximum absolute atomic E-state index is 12.9. The molecule has 1 amide bonds. The Kier molecular flexibility index (Phi) is 6.22. The topological polar surface area (TPSA) is 101 Å². The molecule has 0 radical (unpaired) electrons. The van der Waals surface area contributed by atoms with E-state index in [4.69, 9.17) is 23.2 Å². The minimum atomic E-state index is -4.76. The lowest BCUT2D eigenvalue weighted by Gasteiger charge is -2.11. The van der Waals surface area contributed by atoms with Crippen molar-refractivity contribution < 1.29 is 26.4 Å². The number of rotatable bonds is 5. The zero-order chi connectivity index (χ0) is 22.1. The second kappa shape index (κ2) is 8.38. The van der Waals surface area contributed by atoms with E-state index >= 15 is 0 Å². The van der Waals surface area contributed by atoms with Crippen molar-refractivity contribution in [3.8, 4) is 0 Å². The van der Waals surface area contributed by atoms with Crippen molar-refractivity contribution in [2.75, 3.05) is 10.0 Å². The average Bonchev–Trinajstić information content (AvgIpc) is 3.12. The van der Waals surface area contributed by atoms with Crippen molar-refractivity contribution in [3.05, 3.63) is 63.6 Å². The minimum Gasteiger partial charge on any atom is -0.296 e. The number of benzene rings is 2. The summed E-state index contributed by atoms with van der Waals surface area (Å²) >= 11 is 11.8. The molecular formula is C16H9Cl2F3N4O3S2. The highest BCUT2D eigenvalue weighted by Crippen LogP contribution is 2.36. The van der Waals surface area contributed by atoms with Gasteiger partial charge in [-0.15, -0.1) is 10.2 Å². The molecule has 2 aromatic carbocycles. The average molecular weight is 497 g/mol. The van der Waals surface area contributed by atoms with E-state index in [9.17, 15) is 26.4 Å². The van der Waals surface area contributed by atoms with E-state index in [1.807, 2.05) is 4.72 Å². The molecule has 0 unspecified atom stereocenters. The van der Waals surface area contributed by atoms with E-state index < -0.39 is 37.0 Å². The van der Waals surface area contributed by atoms with E-state index in [1.165, 1.54) is 24.3 Å². The third-order valence-corrected chi connectivity index (χ3v) is 6.66. The van der Waals surface area contributed by atoms with Crippen LogP contribution in [0.5, 0.6) is 0 Å². The number of hydrogen-bond donors (Lipinski definition) is 2. The van der Waals surface area contributed by atoms with Gasteiger partial charge in [0.25, 0.3) is 20.3 Å². The molecule has 3 rings (SSSR count). The Morgan fingerprint density at radius 1 is 1.03 bits per heavy atom. The van der Waals surface area contributed by atoms with Crippen LogP contribution in [-0.4, -0.2) is 24.5 Å². The van der Waals surface area contributed by atoms with Crippen LogP contribution in [0.15, 0.2) is 46.8 Å². The zero-order valence-corrected chi connectivity index (χ0v) is 17.5. The van der Waals surface area contributed by atoms with Crippen LogP contribution in [0.25, 0.3) is 0 Å². The molecule has 0 spiro atoms. The number of sulfonamides is 1. The fourth-order valence-electron chi connectivity index (χ4n) is 2.14. The van der Waals surface area contributed by atoms with E-state index in [1.54, 1.807) is 0 Å². The first kappa shape index (κ1) is 22.3. The summed E-state index contributed by atoms with van der Waals surface area (Å²) in [6, 6.07) is 8.45. The molecule has 0 saturated carbocycles. The maximum atomic E-state index is 12.9. The first-order valence-electron chi connectivity index (χ1n) is 7.76. The molecular weight excluding hydrogens is 488 g/mol. The van der Waals surface area contributed by atoms with Gasteiger partial charge in [0.2, 0.25) is 5.13 Å². The van der Waals surface area contributed by atoms with Gasteiger partial charge in [0, 0.05) is 16.3 Å². The van der Waals surface area contributed by atoms with E-state index in [2.05, 4.69) is 15.5 Å². The van der Waals surface area contributed by atoms with Crippen molar-refractivity contribution in [2.24, 2.45) is 0 Å². The lowest BCUT2D eigenvalue weighted by molar-refractivity contribution is -0.137. The number of carbonyl (C=O) groups excluding carboxylic acids is 1. The predicted octanol–water partition coefficient (Wildman–Crippen LogP) is 4.92. The van der Waals surface area contributed by atoms with Gasteiger partial charge in [0.15, 0.2) is 0 Å². The number of anilines is 2. The van der Waals surface area contributed by atoms with Crippen LogP contribution in [0.4, 0.5) is 24.0 Å². The van der Waals surface area contributed by atoms with Gasteiger partial charge in [-0.1, -0.05) is 34.5 Å². The Balaban J connectivity index is 1.77. The summed E-state index contributed by atoms with van der Waals surface area (Å²) in [5.41, 5.74) is -1.32. The fraction of sp³-hybridized carbons (Fsp3) is 0.0625. The molecule has 1 aromatic heterocycles. The molecule has 0 aliphatic rings. The molecule has 0 bridgehead atoms. The normalized spacial score (nSPS) is 11.9. The molecule has 14 heteroatoms. The Hall–Kier alpha value is -2.41. The summed E-state index contributed by atoms with van der Waals surface area (Å²) < 4.78 is 65.1. The van der Waals surface area contributed by atoms with Crippen LogP contribution in [-0.2, 0) is 16.2 Å². The minimum absolute atomic E-state index is 0.123. The molecule has 0 aliphatic heterocycles. The van der Waals surface area contributed by atoms with Gasteiger partial charge in [-0.05, 0) is 42.5 Å². The van der Waals surface area contributed by atoms with E-state index in [0.717, 1.165) is 12.1 Å². The van der Waals surface area contributed by atoms with Crippen molar-refractivity contribution in [1.29, 1.82) is 0 Å². The molecule has 158 valence electrons. The van der Waals surface area contributed by atoms with Gasteiger partial charge < -0.3 is 0 Å². The van der Waals surface area contributed by atoms with Gasteiger partial charge in [-0.3, -0.25) is 14.8 Å². The van der Waals surface area contributed by atoms with Crippen LogP contribution in [0, 0.1) is 0 Å². The Labute approximate surface area is 181 Å². The second-order valence-corrected chi connectivity index (χ2v) is 9.31. The second-order valence-electron chi connectivity index (χ2n) is 5.63. The largest absolute Gasteiger partial charge is 0.417 e. The van der Waals surface area contributed by atoms with Crippen LogP contribution >= 0.6 is 34.5 Å². The smallest absolute Gasteiger partial charge is 0.296 e. The molecule has 30 heavy (non-hydrogen) atoms. The number of aromatic nitrogens is 2. The molecule has 0 fully saturated rings. The quantitative estimate of drug-likeness (QED) is 0.488. The number of nitrogens with one attached hydrogen (secondary N) is 2. The lowest BCUT2D eigenvalue weighted by atomic mass is 10.2. The molecule has 2 N–H and O–H groups in total. The van der Waals surface area contributed by atoms with Gasteiger partial charge in [-0.25, -0.2) is 0 Å². The highest BCUT2D eigenvalue weighted by Gasteiger charge is 2.34. The Morgan fingerprint density at radius 2 is 1.70 bits per heavy atom. The van der Waals surface area contributed by atoms with Crippen molar-refractivity contribution in [1.82, 2.24) is 10.2 Å². The third-order valence-electron chi connectivity index (χ3n) is 3.49. The summed E-state index contributed by atoms with van der Waals surface area (Å²) in [6.07, 6.45) is -4.76. The molecule has 0 aliphatic carbocycles. The summed E-state index contributed by atoms with van der Waals surface area (Å²) in [6.45, 7) is 0. The number of nitrogens with zero attached hydrogens (tertiary/aromatic N) is 2. The maximum Gasteiger partial charge on any atom is 0.417 e. The molecule has 0 saturated heterocycles. The Bertz CT molecular complexity index is 1200. The van der Waals surface area contributed by atoms with E-state index in [0.29, 0.717) is 22.4 Å². The van der Waals surface area contributed by atoms with Gasteiger partial charge in [0.1, 0.15) is 0 Å². The monoisotopic (exact) mass is 496 g/mol. The summed E-state index contributed by atoms with van der Waals surface area (Å²) in [7, 11) is -4.36. The zero-order valence-electron chi connectivity index (χ0n) is 14.4. The molecule has 0 atom stereocenters. The van der Waals surface area contributed by atoms with Gasteiger partial charge >= 0.3 is 6.18 Å². The van der Waals surface area contributed by atoms with Crippen molar-refractivity contribution in [3.63, 3.8) is 0 Å². The SMILES string of the molecule is O=C(Nc1nnc(S(=O)(=O)Nc2ccc(Cl)c(C(F)(F)F)c2)s1)c1ccc(Cl)cc1. The van der Waals surface area contributed by atoms with Gasteiger partial charge in [0.05, 0.1) is 10.6 Å². The van der Waals surface area contributed by atoms with Gasteiger partial charge in [-0.2, -0.15) is 21.6 Å². The highest BCUT2D eigenvalue weighted by atomic mass is 35.5. The van der Waals surface area contributed by atoms with Crippen molar-refractivity contribution >= 4 is 61.3 Å². The standard InChI is InChI=1S/C16H9Cl2F3N4O3S2/c17-9-3-1-8(2-4-9)13(26)22-14-23-24-15(29-14)30(27,28)25-10-5-6-12(18)11(7-10)16(19,20)21/h1-7,25H,(H,22,23,26). The Morgan fingerprint density at radius 3 is 2.33 bits per heavy atom.